The molecule has 90 valence electrons. The van der Waals surface area contributed by atoms with Crippen molar-refractivity contribution in [3.8, 4) is 11.3 Å². The van der Waals surface area contributed by atoms with Gasteiger partial charge in [0.2, 0.25) is 0 Å². The molecule has 0 aliphatic heterocycles. The number of halogens is 2. The first-order valence-corrected chi connectivity index (χ1v) is 6.60. The molecule has 0 saturated carbocycles. The van der Waals surface area contributed by atoms with Crippen molar-refractivity contribution in [1.82, 2.24) is 9.78 Å². The summed E-state index contributed by atoms with van der Waals surface area (Å²) in [6.45, 7) is 0.419. The van der Waals surface area contributed by atoms with Gasteiger partial charge in [-0.05, 0) is 18.2 Å². The molecule has 0 aliphatic carbocycles. The summed E-state index contributed by atoms with van der Waals surface area (Å²) < 4.78 is 3.52. The summed E-state index contributed by atoms with van der Waals surface area (Å²) in [4.78, 5) is 0. The van der Waals surface area contributed by atoms with Gasteiger partial charge in [0.05, 0.1) is 18.8 Å². The lowest BCUT2D eigenvalue weighted by atomic mass is 10.1. The average Bonchev–Trinajstić information content (AvgIpc) is 2.64. The van der Waals surface area contributed by atoms with Crippen LogP contribution in [0.25, 0.3) is 11.3 Å². The highest BCUT2D eigenvalue weighted by atomic mass is 79.9. The Bertz CT molecular complexity index is 540. The van der Waals surface area contributed by atoms with E-state index in [0.29, 0.717) is 12.4 Å². The molecule has 0 unspecified atom stereocenters. The Labute approximate surface area is 116 Å². The van der Waals surface area contributed by atoms with E-state index in [-0.39, 0.29) is 6.61 Å². The normalized spacial score (nSPS) is 10.8. The van der Waals surface area contributed by atoms with Gasteiger partial charge in [-0.1, -0.05) is 31.9 Å². The highest BCUT2D eigenvalue weighted by molar-refractivity contribution is 9.11. The molecule has 6 heteroatoms. The summed E-state index contributed by atoms with van der Waals surface area (Å²) in [7, 11) is 0. The monoisotopic (exact) mass is 359 g/mol. The molecular weight excluding hydrogens is 350 g/mol. The lowest BCUT2D eigenvalue weighted by Crippen LogP contribution is -2.07. The van der Waals surface area contributed by atoms with Gasteiger partial charge < -0.3 is 10.8 Å². The molecule has 0 aliphatic rings. The number of nitrogens with two attached hydrogens (primary N) is 1. The van der Waals surface area contributed by atoms with E-state index in [2.05, 4.69) is 37.0 Å². The molecule has 2 rings (SSSR count). The van der Waals surface area contributed by atoms with E-state index in [0.717, 1.165) is 20.2 Å². The van der Waals surface area contributed by atoms with Crippen LogP contribution in [0.1, 0.15) is 0 Å². The predicted octanol–water partition coefficient (Wildman–Crippen LogP) is 2.65. The second-order valence-corrected chi connectivity index (χ2v) is 5.30. The lowest BCUT2D eigenvalue weighted by molar-refractivity contribution is 0.270. The highest BCUT2D eigenvalue weighted by Gasteiger charge is 2.10. The minimum atomic E-state index is 0.0188. The Morgan fingerprint density at radius 2 is 2.06 bits per heavy atom. The number of rotatable bonds is 3. The van der Waals surface area contributed by atoms with Gasteiger partial charge in [-0.25, -0.2) is 4.68 Å². The van der Waals surface area contributed by atoms with Gasteiger partial charge in [0.15, 0.2) is 0 Å². The van der Waals surface area contributed by atoms with E-state index in [1.54, 1.807) is 10.7 Å². The Balaban J connectivity index is 2.45. The molecule has 0 saturated heterocycles. The van der Waals surface area contributed by atoms with Crippen molar-refractivity contribution in [3.63, 3.8) is 0 Å². The van der Waals surface area contributed by atoms with Gasteiger partial charge in [-0.2, -0.15) is 5.10 Å². The summed E-state index contributed by atoms with van der Waals surface area (Å²) in [5.41, 5.74) is 7.56. The average molecular weight is 361 g/mol. The van der Waals surface area contributed by atoms with E-state index < -0.39 is 0 Å². The SMILES string of the molecule is Nc1cc(-c2cc(Br)ccc2Br)nn1CCO. The van der Waals surface area contributed by atoms with Crippen LogP contribution in [0.2, 0.25) is 0 Å². The summed E-state index contributed by atoms with van der Waals surface area (Å²) in [6.07, 6.45) is 0. The maximum atomic E-state index is 8.89. The van der Waals surface area contributed by atoms with Crippen LogP contribution in [-0.2, 0) is 6.54 Å². The molecule has 0 bridgehead atoms. The topological polar surface area (TPSA) is 64.1 Å². The van der Waals surface area contributed by atoms with Crippen LogP contribution in [0.4, 0.5) is 5.82 Å². The predicted molar refractivity (Wildman–Crippen MR) is 74.6 cm³/mol. The number of anilines is 1. The first-order valence-electron chi connectivity index (χ1n) is 5.01. The Morgan fingerprint density at radius 1 is 1.29 bits per heavy atom. The Kier molecular flexibility index (Phi) is 3.86. The fourth-order valence-electron chi connectivity index (χ4n) is 1.53. The van der Waals surface area contributed by atoms with Crippen LogP contribution >= 0.6 is 31.9 Å². The Hall–Kier alpha value is -0.850. The van der Waals surface area contributed by atoms with Crippen LogP contribution in [0.15, 0.2) is 33.2 Å². The molecule has 1 heterocycles. The fourth-order valence-corrected chi connectivity index (χ4v) is 2.34. The molecule has 4 nitrogen and oxygen atoms in total. The minimum Gasteiger partial charge on any atom is -0.394 e. The first kappa shape index (κ1) is 12.6. The molecule has 0 amide bonds. The van der Waals surface area contributed by atoms with Crippen LogP contribution in [0, 0.1) is 0 Å². The van der Waals surface area contributed by atoms with Gasteiger partial charge >= 0.3 is 0 Å². The van der Waals surface area contributed by atoms with Crippen LogP contribution in [0.3, 0.4) is 0 Å². The van der Waals surface area contributed by atoms with E-state index >= 15 is 0 Å². The molecule has 0 spiro atoms. The maximum absolute atomic E-state index is 8.89. The number of nitrogen functional groups attached to an aromatic ring is 1. The second kappa shape index (κ2) is 5.20. The summed E-state index contributed by atoms with van der Waals surface area (Å²) in [5.74, 6) is 0.543. The van der Waals surface area contributed by atoms with Crippen molar-refractivity contribution in [1.29, 1.82) is 0 Å². The molecule has 0 atom stereocenters. The zero-order valence-electron chi connectivity index (χ0n) is 8.90. The number of nitrogens with zero attached hydrogens (tertiary/aromatic N) is 2. The largest absolute Gasteiger partial charge is 0.394 e. The lowest BCUT2D eigenvalue weighted by Gasteiger charge is -2.02. The third-order valence-corrected chi connectivity index (χ3v) is 3.51. The molecule has 17 heavy (non-hydrogen) atoms. The number of aliphatic hydroxyl groups is 1. The van der Waals surface area contributed by atoms with Gasteiger partial charge in [-0.3, -0.25) is 0 Å². The van der Waals surface area contributed by atoms with E-state index in [1.807, 2.05) is 18.2 Å². The van der Waals surface area contributed by atoms with Crippen molar-refractivity contribution in [3.05, 3.63) is 33.2 Å². The molecule has 2 aromatic rings. The highest BCUT2D eigenvalue weighted by Crippen LogP contribution is 2.31. The van der Waals surface area contributed by atoms with Gasteiger partial charge in [0.25, 0.3) is 0 Å². The summed E-state index contributed by atoms with van der Waals surface area (Å²) >= 11 is 6.90. The van der Waals surface area contributed by atoms with Crippen molar-refractivity contribution in [2.24, 2.45) is 0 Å². The van der Waals surface area contributed by atoms with Crippen LogP contribution < -0.4 is 5.73 Å². The molecule has 1 aromatic carbocycles. The number of hydrogen-bond acceptors (Lipinski definition) is 3. The number of aliphatic hydroxyl groups excluding tert-OH is 1. The van der Waals surface area contributed by atoms with Gasteiger partial charge in [0.1, 0.15) is 5.82 Å². The Morgan fingerprint density at radius 3 is 2.76 bits per heavy atom. The third kappa shape index (κ3) is 2.70. The van der Waals surface area contributed by atoms with Crippen LogP contribution in [0.5, 0.6) is 0 Å². The second-order valence-electron chi connectivity index (χ2n) is 3.53. The molecule has 3 N–H and O–H groups in total. The molecular formula is C11H11Br2N3O. The van der Waals surface area contributed by atoms with Crippen molar-refractivity contribution in [2.75, 3.05) is 12.3 Å². The minimum absolute atomic E-state index is 0.0188. The molecule has 0 fully saturated rings. The smallest absolute Gasteiger partial charge is 0.122 e. The van der Waals surface area contributed by atoms with Gasteiger partial charge in [-0.15, -0.1) is 0 Å². The fraction of sp³-hybridized carbons (Fsp3) is 0.182. The zero-order chi connectivity index (χ0) is 12.4. The van der Waals surface area contributed by atoms with Crippen molar-refractivity contribution >= 4 is 37.7 Å². The third-order valence-electron chi connectivity index (χ3n) is 2.33. The van der Waals surface area contributed by atoms with Crippen LogP contribution in [-0.4, -0.2) is 21.5 Å². The molecule has 1 aromatic heterocycles. The quantitative estimate of drug-likeness (QED) is 0.884. The molecule has 0 radical (unpaired) electrons. The standard InChI is InChI=1S/C11H11Br2N3O/c12-7-1-2-9(13)8(5-7)10-6-11(14)16(15-10)3-4-17/h1-2,5-6,17H,3-4,14H2. The first-order chi connectivity index (χ1) is 8.11. The maximum Gasteiger partial charge on any atom is 0.122 e. The van der Waals surface area contributed by atoms with Gasteiger partial charge in [0, 0.05) is 20.6 Å². The van der Waals surface area contributed by atoms with Crippen molar-refractivity contribution in [2.45, 2.75) is 6.54 Å². The van der Waals surface area contributed by atoms with E-state index in [9.17, 15) is 0 Å². The number of hydrogen-bond donors (Lipinski definition) is 2. The summed E-state index contributed by atoms with van der Waals surface area (Å²) in [6, 6.07) is 7.65. The summed E-state index contributed by atoms with van der Waals surface area (Å²) in [5, 5.41) is 13.2. The number of benzene rings is 1. The zero-order valence-corrected chi connectivity index (χ0v) is 12.1. The number of aromatic nitrogens is 2. The van der Waals surface area contributed by atoms with E-state index in [4.69, 9.17) is 10.8 Å². The van der Waals surface area contributed by atoms with E-state index in [1.165, 1.54) is 0 Å². The van der Waals surface area contributed by atoms with Crippen molar-refractivity contribution < 1.29 is 5.11 Å².